The lowest BCUT2D eigenvalue weighted by Gasteiger charge is -2.41. The van der Waals surface area contributed by atoms with Crippen molar-refractivity contribution in [3.05, 3.63) is 257 Å². The van der Waals surface area contributed by atoms with E-state index in [-0.39, 0.29) is 77.9 Å². The molecule has 8 amide bonds. The predicted molar refractivity (Wildman–Crippen MR) is 440 cm³/mol. The molecule has 0 saturated carbocycles. The fourth-order valence-corrected chi connectivity index (χ4v) is 13.9. The zero-order chi connectivity index (χ0) is 83.4. The molecular weight excluding hydrogens is 1520 g/mol. The smallest absolute Gasteiger partial charge is 0.323 e. The van der Waals surface area contributed by atoms with E-state index < -0.39 is 12.2 Å². The normalized spacial score (nSPS) is 14.4. The van der Waals surface area contributed by atoms with Gasteiger partial charge in [0.1, 0.15) is 29.1 Å². The number of hydrogen-bond acceptors (Lipinski definition) is 19. The third kappa shape index (κ3) is 20.1. The van der Waals surface area contributed by atoms with E-state index in [1.807, 2.05) is 52.2 Å². The van der Waals surface area contributed by atoms with Crippen LogP contribution < -0.4 is 44.2 Å². The molecule has 33 heteroatoms. The molecule has 0 radical (unpaired) electrons. The van der Waals surface area contributed by atoms with Crippen molar-refractivity contribution < 1.29 is 41.1 Å². The van der Waals surface area contributed by atoms with Crippen LogP contribution in [0.4, 0.5) is 87.2 Å². The van der Waals surface area contributed by atoms with Crippen LogP contribution in [0.2, 0.25) is 0 Å². The minimum absolute atomic E-state index is 0.121. The molecule has 8 aromatic heterocycles. The molecule has 4 aromatic carbocycles. The number of likely N-dealkylation sites (tertiary alicyclic amines) is 4. The Morgan fingerprint density at radius 3 is 1.07 bits per heavy atom. The summed E-state index contributed by atoms with van der Waals surface area (Å²) in [6, 6.07) is 39.6. The van der Waals surface area contributed by atoms with Gasteiger partial charge < -0.3 is 42.5 Å². The van der Waals surface area contributed by atoms with Crippen molar-refractivity contribution in [2.24, 2.45) is 30.7 Å². The highest BCUT2D eigenvalue weighted by Crippen LogP contribution is 2.36. The van der Waals surface area contributed by atoms with Crippen LogP contribution in [0, 0.1) is 74.6 Å². The molecule has 12 heterocycles. The Morgan fingerprint density at radius 1 is 0.415 bits per heavy atom. The summed E-state index contributed by atoms with van der Waals surface area (Å²) >= 11 is 0. The van der Waals surface area contributed by atoms with E-state index in [1.54, 1.807) is 130 Å². The highest BCUT2D eigenvalue weighted by molar-refractivity contribution is 5.95. The lowest BCUT2D eigenvalue weighted by Crippen LogP contribution is -2.53. The van der Waals surface area contributed by atoms with Gasteiger partial charge in [-0.2, -0.15) is 15.3 Å². The van der Waals surface area contributed by atoms with E-state index in [4.69, 9.17) is 22.9 Å². The highest BCUT2D eigenvalue weighted by atomic mass is 19.1. The Balaban J connectivity index is 0.000000136. The van der Waals surface area contributed by atoms with Crippen LogP contribution in [0.5, 0.6) is 0 Å². The van der Waals surface area contributed by atoms with E-state index in [1.165, 1.54) is 65.8 Å². The van der Waals surface area contributed by atoms with Crippen LogP contribution in [-0.4, -0.2) is 156 Å². The third-order valence-corrected chi connectivity index (χ3v) is 20.7. The number of carbonyl (C=O) groups excluding carboxylic acids is 4. The fourth-order valence-electron chi connectivity index (χ4n) is 13.9. The minimum atomic E-state index is -1.33. The number of nitrogen functional groups attached to an aromatic ring is 4. The topological polar surface area (TPSA) is 380 Å². The maximum Gasteiger partial charge on any atom is 0.323 e. The number of nitrogens with one attached hydrogen (secondary N) is 4. The molecule has 28 nitrogen and oxygen atoms in total. The Kier molecular flexibility index (Phi) is 25.4. The summed E-state index contributed by atoms with van der Waals surface area (Å²) in [6.45, 7) is 13.6. The number of rotatable bonds is 16. The van der Waals surface area contributed by atoms with Crippen LogP contribution in [0.3, 0.4) is 0 Å². The SMILES string of the molecule is Cc1cc(F)ccc1-c1ccc(N)c(NC(=O)N2CC(C(C)c3ncccn3)C2)n1.Cc1cc(F)ccc1-c1ccc(N)c(NC(=O)N2CC(C(F)c3ncccn3)C2)n1.Cc1cc(F)ccc1-c1ccc(N)c(NC(=O)N2CC(Cc3cccnn3)C2)n1.Cc1cc(F)ccc1-c1ccc(N)c(NC(=O)N2CC(Cc3ccn(C)n3)C2)n1. The number of anilines is 8. The number of nitrogens with two attached hydrogens (primary N) is 4. The molecule has 606 valence electrons. The van der Waals surface area contributed by atoms with E-state index in [9.17, 15) is 41.1 Å². The summed E-state index contributed by atoms with van der Waals surface area (Å²) in [7, 11) is 1.89. The van der Waals surface area contributed by atoms with Crippen LogP contribution in [0.1, 0.15) is 64.3 Å². The van der Waals surface area contributed by atoms with Gasteiger partial charge in [-0.25, -0.2) is 81.0 Å². The number of carbonyl (C=O) groups is 4. The quantitative estimate of drug-likeness (QED) is 0.0417. The predicted octanol–water partition coefficient (Wildman–Crippen LogP) is 14.1. The summed E-state index contributed by atoms with van der Waals surface area (Å²) in [5.41, 5.74) is 35.9. The Labute approximate surface area is 676 Å². The monoisotopic (exact) mass is 1600 g/mol. The Hall–Kier alpha value is -14.1. The van der Waals surface area contributed by atoms with Gasteiger partial charge in [-0.05, 0) is 226 Å². The molecule has 12 N–H and O–H groups in total. The molecule has 4 fully saturated rings. The number of benzene rings is 4. The molecule has 0 aliphatic carbocycles. The third-order valence-electron chi connectivity index (χ3n) is 20.7. The Morgan fingerprint density at radius 2 is 0.746 bits per heavy atom. The number of halogens is 5. The number of aryl methyl sites for hydroxylation is 5. The van der Waals surface area contributed by atoms with Crippen LogP contribution >= 0.6 is 0 Å². The standard InChI is InChI=1S/C22H23FN6O.C21H20F2N6O.C21H23FN6O.C21H21FN6O/c1-13-10-16(23)4-5-17(13)19-7-6-18(24)21(27-19)28-22(30)29-11-15(12-29)14(2)20-25-8-3-9-26-20;1-12-9-14(22)3-4-15(12)17-6-5-16(24)19(27-17)28-21(30)29-10-13(11-29)18(23)20-25-7-2-8-26-20;1-13-9-15(22)3-4-17(13)19-6-5-18(23)20(24-19)25-21(29)28-11-14(12-28)10-16-7-8-27(2)26-16;1-13-9-15(22)4-5-17(13)19-7-6-18(23)20(25-19)26-21(29)28-11-14(12-28)10-16-3-2-8-24-27-16/h3-10,14-15H,11-12,24H2,1-2H3,(H,27,28,30);2-9,13,18H,10-11,24H2,1H3,(H,27,28,30);3-9,14H,10-12,23H2,1-2H3,(H,24,25,29);2-9,14H,10-12,23H2,1H3,(H,25,26,29). The zero-order valence-electron chi connectivity index (χ0n) is 65.4. The van der Waals surface area contributed by atoms with Gasteiger partial charge in [-0.1, -0.05) is 6.92 Å². The number of amides is 8. The van der Waals surface area contributed by atoms with Crippen LogP contribution in [0.25, 0.3) is 45.0 Å². The van der Waals surface area contributed by atoms with Crippen molar-refractivity contribution >= 4 is 70.1 Å². The fraction of sp³-hybridized carbons (Fsp3) is 0.259. The molecule has 0 spiro atoms. The number of nitrogens with zero attached hydrogens (tertiary/aromatic N) is 16. The van der Waals surface area contributed by atoms with E-state index in [0.29, 0.717) is 126 Å². The summed E-state index contributed by atoms with van der Waals surface area (Å²) in [6.07, 6.45) is 10.3. The molecule has 2 atom stereocenters. The first-order valence-electron chi connectivity index (χ1n) is 38.0. The first-order valence-corrected chi connectivity index (χ1v) is 38.0. The zero-order valence-corrected chi connectivity index (χ0v) is 65.4. The molecule has 118 heavy (non-hydrogen) atoms. The summed E-state index contributed by atoms with van der Waals surface area (Å²) in [5.74, 6) is 1.64. The van der Waals surface area contributed by atoms with Crippen molar-refractivity contribution in [3.8, 4) is 45.0 Å². The van der Waals surface area contributed by atoms with Crippen molar-refractivity contribution in [1.29, 1.82) is 0 Å². The van der Waals surface area contributed by atoms with E-state index in [2.05, 4.69) is 83.4 Å². The number of pyridine rings is 4. The lowest BCUT2D eigenvalue weighted by atomic mass is 9.86. The highest BCUT2D eigenvalue weighted by Gasteiger charge is 2.40. The second-order valence-electron chi connectivity index (χ2n) is 29.5. The molecule has 4 saturated heterocycles. The van der Waals surface area contributed by atoms with Gasteiger partial charge in [-0.15, -0.1) is 0 Å². The number of alkyl halides is 1. The maximum atomic E-state index is 14.5. The van der Waals surface area contributed by atoms with Crippen molar-refractivity contribution in [2.45, 2.75) is 59.5 Å². The first kappa shape index (κ1) is 81.9. The lowest BCUT2D eigenvalue weighted by molar-refractivity contribution is 0.0652. The molecule has 4 aliphatic heterocycles. The van der Waals surface area contributed by atoms with E-state index >= 15 is 0 Å². The summed E-state index contributed by atoms with van der Waals surface area (Å²) < 4.78 is 69.8. The van der Waals surface area contributed by atoms with Gasteiger partial charge in [-0.3, -0.25) is 25.9 Å². The van der Waals surface area contributed by atoms with E-state index in [0.717, 1.165) is 69.0 Å². The van der Waals surface area contributed by atoms with Crippen molar-refractivity contribution in [1.82, 2.24) is 79.4 Å². The first-order chi connectivity index (χ1) is 56.7. The molecule has 2 unspecified atom stereocenters. The van der Waals surface area contributed by atoms with Crippen molar-refractivity contribution in [2.75, 3.05) is 96.6 Å². The summed E-state index contributed by atoms with van der Waals surface area (Å²) in [5, 5.41) is 23.4. The van der Waals surface area contributed by atoms with Gasteiger partial charge >= 0.3 is 24.1 Å². The molecule has 12 aromatic rings. The second-order valence-corrected chi connectivity index (χ2v) is 29.5. The van der Waals surface area contributed by atoms with Crippen molar-refractivity contribution in [3.63, 3.8) is 0 Å². The average molecular weight is 1600 g/mol. The number of hydrogen-bond donors (Lipinski definition) is 8. The summed E-state index contributed by atoms with van der Waals surface area (Å²) in [4.78, 5) is 91.2. The second kappa shape index (κ2) is 36.6. The number of urea groups is 4. The average Bonchev–Trinajstić information content (AvgIpc) is 0.942. The maximum absolute atomic E-state index is 14.5. The molecule has 0 bridgehead atoms. The minimum Gasteiger partial charge on any atom is -0.396 e. The van der Waals surface area contributed by atoms with Gasteiger partial charge in [0.2, 0.25) is 0 Å². The van der Waals surface area contributed by atoms with Gasteiger partial charge in [0.15, 0.2) is 35.3 Å². The molecule has 16 rings (SSSR count). The largest absolute Gasteiger partial charge is 0.396 e. The Bertz CT molecular complexity index is 5430. The van der Waals surface area contributed by atoms with Crippen LogP contribution in [-0.2, 0) is 19.9 Å². The van der Waals surface area contributed by atoms with Gasteiger partial charge in [0.25, 0.3) is 0 Å². The number of aromatic nitrogens is 12. The molecular formula is C85H87F5N24O4. The van der Waals surface area contributed by atoms with Crippen LogP contribution in [0.15, 0.2) is 189 Å². The van der Waals surface area contributed by atoms with Gasteiger partial charge in [0.05, 0.1) is 56.9 Å². The van der Waals surface area contributed by atoms with Gasteiger partial charge in [0, 0.05) is 137 Å². The molecule has 4 aliphatic rings.